The molecule has 4 heterocycles. The molecule has 55 heavy (non-hydrogen) atoms. The van der Waals surface area contributed by atoms with Crippen LogP contribution >= 0.6 is 0 Å². The van der Waals surface area contributed by atoms with Crippen LogP contribution in [-0.4, -0.2) is 72.0 Å². The maximum Gasteiger partial charge on any atom is 0.226 e. The lowest BCUT2D eigenvalue weighted by Crippen LogP contribution is -2.30. The molecule has 6 rings (SSSR count). The van der Waals surface area contributed by atoms with E-state index in [1.54, 1.807) is 17.9 Å². The third-order valence-electron chi connectivity index (χ3n) is 10.2. The standard InChI is InChI=1S/C22H29N3O2.C13H20N2.C11H16O2/c1-4-27-20-9-5-7-17(15-20)16-21(26)24(2)14-12-19-11-10-18-8-6-13-25(3)22(18)23-19;1-3-4-6-11-9-10(2)12-7-5-8-14-13(12)15-11;1-8-5-10(7-9(2)12)3-4-11(13)6-8/h5,7,9-11,15H,4,6,8,12-14,16H2,1-3H3;9H,3-8H2,1-2H3,(H,14,15);3-4,8,13H,5-7H2,1-2H3. The minimum Gasteiger partial charge on any atom is -0.512 e. The smallest absolute Gasteiger partial charge is 0.226 e. The van der Waals surface area contributed by atoms with Crippen LogP contribution < -0.4 is 15.0 Å². The number of Topliss-reactive ketones (excluding diaryl/α,β-unsaturated/α-hetero) is 1. The van der Waals surface area contributed by atoms with E-state index in [9.17, 15) is 14.7 Å². The first-order valence-corrected chi connectivity index (χ1v) is 20.4. The van der Waals surface area contributed by atoms with Crippen LogP contribution in [0.4, 0.5) is 11.6 Å². The molecule has 1 aliphatic carbocycles. The van der Waals surface area contributed by atoms with Crippen molar-refractivity contribution in [3.8, 4) is 5.75 Å². The Morgan fingerprint density at radius 1 is 1.00 bits per heavy atom. The van der Waals surface area contributed by atoms with E-state index in [-0.39, 0.29) is 11.7 Å². The summed E-state index contributed by atoms with van der Waals surface area (Å²) in [5.41, 5.74) is 8.57. The van der Waals surface area contributed by atoms with E-state index in [2.05, 4.69) is 56.2 Å². The van der Waals surface area contributed by atoms with Gasteiger partial charge in [-0.15, -0.1) is 0 Å². The zero-order chi connectivity index (χ0) is 39.7. The number of likely N-dealkylation sites (N-methyl/N-ethyl adjacent to an activating group) is 1. The van der Waals surface area contributed by atoms with Crippen LogP contribution in [0.2, 0.25) is 0 Å². The summed E-state index contributed by atoms with van der Waals surface area (Å²) in [5.74, 6) is 4.21. The Balaban J connectivity index is 0.000000202. The van der Waals surface area contributed by atoms with Gasteiger partial charge in [0.05, 0.1) is 18.8 Å². The maximum absolute atomic E-state index is 12.5. The highest BCUT2D eigenvalue weighted by atomic mass is 16.5. The van der Waals surface area contributed by atoms with Gasteiger partial charge in [-0.2, -0.15) is 0 Å². The summed E-state index contributed by atoms with van der Waals surface area (Å²) < 4.78 is 5.51. The van der Waals surface area contributed by atoms with E-state index in [0.29, 0.717) is 37.7 Å². The number of aliphatic hydroxyl groups is 1. The van der Waals surface area contributed by atoms with E-state index >= 15 is 0 Å². The number of carbonyl (C=O) groups excluding carboxylic acids is 2. The number of carbonyl (C=O) groups is 2. The molecule has 1 unspecified atom stereocenters. The second kappa shape index (κ2) is 22.0. The number of fused-ring (bicyclic) bond motifs is 2. The number of hydrogen-bond donors (Lipinski definition) is 2. The van der Waals surface area contributed by atoms with Crippen LogP contribution in [0.25, 0.3) is 0 Å². The number of nitrogens with zero attached hydrogens (tertiary/aromatic N) is 4. The predicted molar refractivity (Wildman–Crippen MR) is 225 cm³/mol. The number of anilines is 2. The lowest BCUT2D eigenvalue weighted by molar-refractivity contribution is -0.129. The van der Waals surface area contributed by atoms with E-state index in [1.807, 2.05) is 44.3 Å². The molecule has 298 valence electrons. The first-order valence-electron chi connectivity index (χ1n) is 20.4. The highest BCUT2D eigenvalue weighted by molar-refractivity contribution is 5.79. The summed E-state index contributed by atoms with van der Waals surface area (Å²) >= 11 is 0. The van der Waals surface area contributed by atoms with Gasteiger partial charge in [0.25, 0.3) is 0 Å². The number of pyridine rings is 2. The predicted octanol–water partition coefficient (Wildman–Crippen LogP) is 8.96. The minimum atomic E-state index is 0.110. The summed E-state index contributed by atoms with van der Waals surface area (Å²) in [6.45, 7) is 13.5. The van der Waals surface area contributed by atoms with E-state index < -0.39 is 0 Å². The van der Waals surface area contributed by atoms with Gasteiger partial charge < -0.3 is 25.0 Å². The van der Waals surface area contributed by atoms with Gasteiger partial charge in [-0.05, 0) is 124 Å². The molecule has 3 aliphatic rings. The van der Waals surface area contributed by atoms with Gasteiger partial charge in [0, 0.05) is 64.4 Å². The zero-order valence-electron chi connectivity index (χ0n) is 34.5. The molecule has 9 nitrogen and oxygen atoms in total. The Morgan fingerprint density at radius 3 is 2.58 bits per heavy atom. The molecular formula is C46H65N5O4. The molecule has 0 fully saturated rings. The highest BCUT2D eigenvalue weighted by Crippen LogP contribution is 2.26. The molecule has 1 atom stereocenters. The zero-order valence-corrected chi connectivity index (χ0v) is 34.5. The number of aromatic nitrogens is 2. The molecule has 0 saturated carbocycles. The summed E-state index contributed by atoms with van der Waals surface area (Å²) in [6, 6.07) is 14.3. The van der Waals surface area contributed by atoms with Crippen molar-refractivity contribution >= 4 is 23.3 Å². The molecule has 1 aromatic carbocycles. The number of aryl methyl sites for hydroxylation is 3. The van der Waals surface area contributed by atoms with Crippen molar-refractivity contribution in [2.75, 3.05) is 50.6 Å². The van der Waals surface area contributed by atoms with E-state index in [4.69, 9.17) is 14.7 Å². The molecular weight excluding hydrogens is 687 g/mol. The van der Waals surface area contributed by atoms with Crippen molar-refractivity contribution in [3.05, 3.63) is 99.6 Å². The lowest BCUT2D eigenvalue weighted by Gasteiger charge is -2.26. The SMILES string of the molecule is CC(=O)CC1=CC=C(O)CC(C)C1.CCCCc1cc(C)c2c(n1)NCCC2.CCOc1cccc(CC(=O)N(C)CCc2ccc3c(n2)N(C)CCC3)c1. The number of ketones is 1. The van der Waals surface area contributed by atoms with Gasteiger partial charge in [0.1, 0.15) is 23.2 Å². The summed E-state index contributed by atoms with van der Waals surface area (Å²) in [5, 5.41) is 12.8. The third-order valence-corrected chi connectivity index (χ3v) is 10.2. The highest BCUT2D eigenvalue weighted by Gasteiger charge is 2.17. The normalized spacial score (nSPS) is 15.9. The van der Waals surface area contributed by atoms with Crippen molar-refractivity contribution in [1.29, 1.82) is 0 Å². The number of unbranched alkanes of at least 4 members (excludes halogenated alkanes) is 1. The molecule has 0 radical (unpaired) electrons. The van der Waals surface area contributed by atoms with Crippen LogP contribution in [-0.2, 0) is 41.7 Å². The van der Waals surface area contributed by atoms with Crippen molar-refractivity contribution in [2.24, 2.45) is 5.92 Å². The fourth-order valence-corrected chi connectivity index (χ4v) is 7.29. The first kappa shape index (κ1) is 43.1. The van der Waals surface area contributed by atoms with E-state index in [0.717, 1.165) is 79.4 Å². The molecule has 3 aromatic rings. The van der Waals surface area contributed by atoms with Crippen LogP contribution in [0.1, 0.15) is 106 Å². The number of allylic oxidation sites excluding steroid dienone is 4. The van der Waals surface area contributed by atoms with Crippen LogP contribution in [0.15, 0.2) is 65.9 Å². The Labute approximate surface area is 330 Å². The molecule has 0 spiro atoms. The van der Waals surface area contributed by atoms with Crippen molar-refractivity contribution < 1.29 is 19.4 Å². The minimum absolute atomic E-state index is 0.110. The Morgan fingerprint density at radius 2 is 1.82 bits per heavy atom. The number of ether oxygens (including phenoxy) is 1. The van der Waals surface area contributed by atoms with Gasteiger partial charge in [-0.25, -0.2) is 9.97 Å². The summed E-state index contributed by atoms with van der Waals surface area (Å²) in [4.78, 5) is 37.0. The monoisotopic (exact) mass is 752 g/mol. The van der Waals surface area contributed by atoms with Gasteiger partial charge in [0.15, 0.2) is 0 Å². The van der Waals surface area contributed by atoms with Gasteiger partial charge >= 0.3 is 0 Å². The molecule has 2 aromatic heterocycles. The number of rotatable bonds is 12. The average Bonchev–Trinajstić information content (AvgIpc) is 3.32. The molecule has 2 aliphatic heterocycles. The Bertz CT molecular complexity index is 1780. The number of amides is 1. The lowest BCUT2D eigenvalue weighted by atomic mass is 9.97. The molecule has 0 saturated heterocycles. The average molecular weight is 752 g/mol. The van der Waals surface area contributed by atoms with Crippen LogP contribution in [0.5, 0.6) is 5.75 Å². The fourth-order valence-electron chi connectivity index (χ4n) is 7.29. The summed E-state index contributed by atoms with van der Waals surface area (Å²) in [6.07, 6.45) is 15.2. The van der Waals surface area contributed by atoms with Crippen molar-refractivity contribution in [2.45, 2.75) is 112 Å². The maximum atomic E-state index is 12.5. The van der Waals surface area contributed by atoms with E-state index in [1.165, 1.54) is 54.5 Å². The largest absolute Gasteiger partial charge is 0.512 e. The topological polar surface area (TPSA) is 108 Å². The second-order valence-corrected chi connectivity index (χ2v) is 15.4. The molecule has 2 N–H and O–H groups in total. The van der Waals surface area contributed by atoms with Gasteiger partial charge in [-0.1, -0.05) is 50.1 Å². The number of nitrogens with one attached hydrogen (secondary N) is 1. The second-order valence-electron chi connectivity index (χ2n) is 15.4. The third kappa shape index (κ3) is 14.2. The Hall–Kier alpha value is -4.66. The molecule has 0 bridgehead atoms. The summed E-state index contributed by atoms with van der Waals surface area (Å²) in [7, 11) is 3.96. The first-order chi connectivity index (χ1) is 26.4. The molecule has 9 heteroatoms. The van der Waals surface area contributed by atoms with Crippen LogP contribution in [0, 0.1) is 12.8 Å². The van der Waals surface area contributed by atoms with Crippen molar-refractivity contribution in [3.63, 3.8) is 0 Å². The van der Waals surface area contributed by atoms with Gasteiger partial charge in [-0.3, -0.25) is 9.59 Å². The van der Waals surface area contributed by atoms with Crippen LogP contribution in [0.3, 0.4) is 0 Å². The fraction of sp³-hybridized carbons (Fsp3) is 0.522. The number of benzene rings is 1. The number of aliphatic hydroxyl groups excluding tert-OH is 1. The van der Waals surface area contributed by atoms with Crippen molar-refractivity contribution in [1.82, 2.24) is 14.9 Å². The Kier molecular flexibility index (Phi) is 17.3. The van der Waals surface area contributed by atoms with Gasteiger partial charge in [0.2, 0.25) is 5.91 Å². The number of hydrogen-bond acceptors (Lipinski definition) is 8. The molecule has 1 amide bonds. The quantitative estimate of drug-likeness (QED) is 0.189.